The van der Waals surface area contributed by atoms with Crippen molar-refractivity contribution < 1.29 is 19.2 Å². The second-order valence-electron chi connectivity index (χ2n) is 16.5. The molecule has 5 aromatic rings. The minimum atomic E-state index is -0.193. The maximum Gasteiger partial charge on any atom is 0.261 e. The van der Waals surface area contributed by atoms with Crippen LogP contribution in [-0.2, 0) is 0 Å². The van der Waals surface area contributed by atoms with Gasteiger partial charge in [0.2, 0.25) is 0 Å². The molecule has 0 bridgehead atoms. The number of benzene rings is 5. The van der Waals surface area contributed by atoms with E-state index in [0.29, 0.717) is 35.3 Å². The average Bonchev–Trinajstić information content (AvgIpc) is 3.59. The van der Waals surface area contributed by atoms with Crippen molar-refractivity contribution in [3.8, 4) is 0 Å². The van der Waals surface area contributed by atoms with Crippen molar-refractivity contribution in [3.63, 3.8) is 0 Å². The molecule has 0 unspecified atom stereocenters. The van der Waals surface area contributed by atoms with Crippen molar-refractivity contribution >= 4 is 66.7 Å². The van der Waals surface area contributed by atoms with Gasteiger partial charge in [-0.25, -0.2) is 0 Å². The van der Waals surface area contributed by atoms with Crippen LogP contribution in [0.15, 0.2) is 60.7 Å². The van der Waals surface area contributed by atoms with E-state index in [-0.39, 0.29) is 23.6 Å². The van der Waals surface area contributed by atoms with Gasteiger partial charge in [-0.05, 0) is 80.2 Å². The number of unbranched alkanes of at least 4 members (excludes halogenated alkanes) is 18. The lowest BCUT2D eigenvalue weighted by molar-refractivity contribution is 0.0636. The van der Waals surface area contributed by atoms with Crippen molar-refractivity contribution in [1.29, 1.82) is 0 Å². The zero-order valence-electron chi connectivity index (χ0n) is 33.9. The van der Waals surface area contributed by atoms with Crippen LogP contribution in [0.25, 0.3) is 43.1 Å². The van der Waals surface area contributed by atoms with E-state index in [0.717, 1.165) is 81.6 Å². The summed E-state index contributed by atoms with van der Waals surface area (Å²) in [5.74, 6) is -0.755. The lowest BCUT2D eigenvalue weighted by atomic mass is 9.91. The standard InChI is InChI=1S/C50H60N2O4/c1-3-5-7-9-11-13-15-17-19-21-29-51-47(53)43-31-35-23-25-37-38-26-24-36-32-44-46(34-42(36)40(38)28-27-39(37)41(35)33-45(43)49(51)55)50(56)52(48(44)54)30-22-20-18-16-14-12-10-8-6-4-2/h23-28,31-34H,3-22,29-30H2,1-2H3. The van der Waals surface area contributed by atoms with Gasteiger partial charge in [0, 0.05) is 13.1 Å². The summed E-state index contributed by atoms with van der Waals surface area (Å²) in [5.41, 5.74) is 1.97. The van der Waals surface area contributed by atoms with Crippen molar-refractivity contribution in [2.75, 3.05) is 13.1 Å². The van der Waals surface area contributed by atoms with Gasteiger partial charge in [-0.1, -0.05) is 166 Å². The molecule has 0 radical (unpaired) electrons. The molecule has 2 aliphatic rings. The highest BCUT2D eigenvalue weighted by molar-refractivity contribution is 6.28. The largest absolute Gasteiger partial charge is 0.274 e. The fourth-order valence-corrected chi connectivity index (χ4v) is 9.18. The summed E-state index contributed by atoms with van der Waals surface area (Å²) in [7, 11) is 0. The zero-order chi connectivity index (χ0) is 39.0. The number of hydrogen-bond acceptors (Lipinski definition) is 4. The van der Waals surface area contributed by atoms with E-state index >= 15 is 0 Å². The Morgan fingerprint density at radius 3 is 0.929 bits per heavy atom. The maximum atomic E-state index is 13.6. The van der Waals surface area contributed by atoms with Crippen LogP contribution < -0.4 is 0 Å². The average molecular weight is 753 g/mol. The molecule has 7 rings (SSSR count). The molecule has 56 heavy (non-hydrogen) atoms. The van der Waals surface area contributed by atoms with E-state index in [4.69, 9.17) is 0 Å². The van der Waals surface area contributed by atoms with Crippen LogP contribution in [0.2, 0.25) is 0 Å². The van der Waals surface area contributed by atoms with Gasteiger partial charge in [-0.2, -0.15) is 0 Å². The fourth-order valence-electron chi connectivity index (χ4n) is 9.18. The number of nitrogens with zero attached hydrogens (tertiary/aromatic N) is 2. The highest BCUT2D eigenvalue weighted by Crippen LogP contribution is 2.39. The SMILES string of the molecule is CCCCCCCCCCCCN1C(=O)c2cc3ccc4c(ccc5c6cc7c(cc6ccc54)C(=O)N(CCCCCCCCCCCC)C7=O)c3cc2C1=O. The van der Waals surface area contributed by atoms with Gasteiger partial charge in [0.1, 0.15) is 0 Å². The minimum Gasteiger partial charge on any atom is -0.274 e. The fraction of sp³-hybridized carbons (Fsp3) is 0.480. The highest BCUT2D eigenvalue weighted by atomic mass is 16.2. The summed E-state index contributed by atoms with van der Waals surface area (Å²) in [4.78, 5) is 57.0. The van der Waals surface area contributed by atoms with Crippen LogP contribution in [-0.4, -0.2) is 46.5 Å². The third kappa shape index (κ3) is 8.26. The first-order valence-electron chi connectivity index (χ1n) is 22.0. The van der Waals surface area contributed by atoms with E-state index in [1.54, 1.807) is 0 Å². The van der Waals surface area contributed by atoms with Crippen molar-refractivity contribution in [2.45, 2.75) is 142 Å². The summed E-state index contributed by atoms with van der Waals surface area (Å²) < 4.78 is 0. The van der Waals surface area contributed by atoms with Gasteiger partial charge in [0.15, 0.2) is 0 Å². The number of carbonyl (C=O) groups is 4. The van der Waals surface area contributed by atoms with Crippen LogP contribution in [0, 0.1) is 0 Å². The van der Waals surface area contributed by atoms with Crippen LogP contribution in [0.3, 0.4) is 0 Å². The Labute approximate surface area is 333 Å². The van der Waals surface area contributed by atoms with Crippen LogP contribution in [0.4, 0.5) is 0 Å². The smallest absolute Gasteiger partial charge is 0.261 e. The molecule has 0 aromatic heterocycles. The van der Waals surface area contributed by atoms with E-state index in [9.17, 15) is 19.2 Å². The maximum absolute atomic E-state index is 13.6. The molecular weight excluding hydrogens is 693 g/mol. The van der Waals surface area contributed by atoms with Crippen molar-refractivity contribution in [1.82, 2.24) is 9.80 Å². The highest BCUT2D eigenvalue weighted by Gasteiger charge is 2.37. The molecule has 0 saturated heterocycles. The molecule has 0 aliphatic carbocycles. The second-order valence-corrected chi connectivity index (χ2v) is 16.5. The minimum absolute atomic E-state index is 0.185. The molecule has 0 fully saturated rings. The van der Waals surface area contributed by atoms with Gasteiger partial charge in [0.25, 0.3) is 23.6 Å². The second kappa shape index (κ2) is 18.6. The molecule has 2 heterocycles. The molecule has 2 aliphatic heterocycles. The molecule has 5 aromatic carbocycles. The lowest BCUT2D eigenvalue weighted by Gasteiger charge is -2.13. The van der Waals surface area contributed by atoms with E-state index < -0.39 is 0 Å². The predicted octanol–water partition coefficient (Wildman–Crippen LogP) is 13.3. The Morgan fingerprint density at radius 2 is 0.589 bits per heavy atom. The number of amides is 4. The molecule has 0 atom stereocenters. The van der Waals surface area contributed by atoms with Gasteiger partial charge in [-0.15, -0.1) is 0 Å². The molecule has 0 saturated carbocycles. The van der Waals surface area contributed by atoms with Crippen LogP contribution in [0.1, 0.15) is 184 Å². The molecule has 0 N–H and O–H groups in total. The quantitative estimate of drug-likeness (QED) is 0.0401. The number of imide groups is 2. The van der Waals surface area contributed by atoms with Crippen LogP contribution >= 0.6 is 0 Å². The normalized spacial score (nSPS) is 14.1. The van der Waals surface area contributed by atoms with Gasteiger partial charge < -0.3 is 0 Å². The Morgan fingerprint density at radius 1 is 0.321 bits per heavy atom. The summed E-state index contributed by atoms with van der Waals surface area (Å²) in [6.07, 6.45) is 24.1. The summed E-state index contributed by atoms with van der Waals surface area (Å²) >= 11 is 0. The van der Waals surface area contributed by atoms with Crippen LogP contribution in [0.5, 0.6) is 0 Å². The summed E-state index contributed by atoms with van der Waals surface area (Å²) in [5, 5.41) is 7.87. The molecule has 4 amide bonds. The number of hydrogen-bond donors (Lipinski definition) is 0. The van der Waals surface area contributed by atoms with Crippen molar-refractivity contribution in [3.05, 3.63) is 82.9 Å². The Kier molecular flexibility index (Phi) is 13.2. The molecule has 294 valence electrons. The van der Waals surface area contributed by atoms with Gasteiger partial charge >= 0.3 is 0 Å². The molecule has 0 spiro atoms. The topological polar surface area (TPSA) is 74.8 Å². The van der Waals surface area contributed by atoms with E-state index in [2.05, 4.69) is 38.1 Å². The first-order valence-corrected chi connectivity index (χ1v) is 22.0. The van der Waals surface area contributed by atoms with E-state index in [1.165, 1.54) is 99.7 Å². The number of carbonyl (C=O) groups excluding carboxylic acids is 4. The summed E-state index contributed by atoms with van der Waals surface area (Å²) in [6.45, 7) is 5.42. The van der Waals surface area contributed by atoms with Crippen molar-refractivity contribution in [2.24, 2.45) is 0 Å². The summed E-state index contributed by atoms with van der Waals surface area (Å²) in [6, 6.07) is 20.1. The first kappa shape index (κ1) is 39.6. The Bertz CT molecular complexity index is 2100. The predicted molar refractivity (Wildman–Crippen MR) is 231 cm³/mol. The van der Waals surface area contributed by atoms with Gasteiger partial charge in [-0.3, -0.25) is 29.0 Å². The monoisotopic (exact) mass is 752 g/mol. The Hall–Kier alpha value is -4.58. The van der Waals surface area contributed by atoms with E-state index in [1.807, 2.05) is 36.4 Å². The number of fused-ring (bicyclic) bond motifs is 9. The molecule has 6 nitrogen and oxygen atoms in total. The first-order chi connectivity index (χ1) is 27.4. The zero-order valence-corrected chi connectivity index (χ0v) is 33.9. The third-order valence-electron chi connectivity index (χ3n) is 12.5. The third-order valence-corrected chi connectivity index (χ3v) is 12.5. The Balaban J connectivity index is 1.03. The molecular formula is C50H60N2O4. The lowest BCUT2D eigenvalue weighted by Crippen LogP contribution is -2.30. The van der Waals surface area contributed by atoms with Gasteiger partial charge in [0.05, 0.1) is 22.3 Å². The number of rotatable bonds is 22. The molecule has 6 heteroatoms.